The van der Waals surface area contributed by atoms with E-state index in [1.165, 1.54) is 0 Å². The Morgan fingerprint density at radius 2 is 1.05 bits per heavy atom. The summed E-state index contributed by atoms with van der Waals surface area (Å²) in [4.78, 5) is 10.5. The van der Waals surface area contributed by atoms with Crippen LogP contribution in [-0.4, -0.2) is 24.6 Å². The summed E-state index contributed by atoms with van der Waals surface area (Å²) in [5, 5.41) is 8.11. The van der Waals surface area contributed by atoms with Gasteiger partial charge in [0.2, 0.25) is 0 Å². The Bertz CT molecular complexity index is 565. The van der Waals surface area contributed by atoms with E-state index in [1.807, 2.05) is 74.5 Å². The molecule has 0 saturated heterocycles. The first kappa shape index (κ1) is 15.8. The highest BCUT2D eigenvalue weighted by atomic mass is 16.7. The van der Waals surface area contributed by atoms with Gasteiger partial charge >= 0.3 is 0 Å². The molecule has 2 aromatic rings. The van der Waals surface area contributed by atoms with Crippen molar-refractivity contribution in [3.8, 4) is 0 Å². The van der Waals surface area contributed by atoms with Crippen LogP contribution >= 0.6 is 0 Å². The largest absolute Gasteiger partial charge is 0.392 e. The SMILES string of the molecule is C/C(=N\OCCO/N=C(\C)c1ccccc1)c1ccccc1. The lowest BCUT2D eigenvalue weighted by Crippen LogP contribution is -2.03. The van der Waals surface area contributed by atoms with Gasteiger partial charge in [0.1, 0.15) is 0 Å². The number of hydrogen-bond acceptors (Lipinski definition) is 4. The summed E-state index contributed by atoms with van der Waals surface area (Å²) >= 11 is 0. The minimum Gasteiger partial charge on any atom is -0.392 e. The normalized spacial score (nSPS) is 12.1. The average Bonchev–Trinajstić information content (AvgIpc) is 2.59. The third-order valence-electron chi connectivity index (χ3n) is 3.05. The van der Waals surface area contributed by atoms with E-state index in [-0.39, 0.29) is 0 Å². The quantitative estimate of drug-likeness (QED) is 0.442. The molecule has 0 aliphatic rings. The first-order chi connectivity index (χ1) is 10.8. The molecule has 0 heterocycles. The van der Waals surface area contributed by atoms with E-state index in [4.69, 9.17) is 9.68 Å². The number of hydrogen-bond donors (Lipinski definition) is 0. The molecular weight excluding hydrogens is 276 g/mol. The van der Waals surface area contributed by atoms with Gasteiger partial charge in [-0.25, -0.2) is 0 Å². The Labute approximate surface area is 131 Å². The van der Waals surface area contributed by atoms with E-state index in [9.17, 15) is 0 Å². The van der Waals surface area contributed by atoms with Crippen molar-refractivity contribution in [2.75, 3.05) is 13.2 Å². The summed E-state index contributed by atoms with van der Waals surface area (Å²) in [5.41, 5.74) is 3.76. The molecule has 0 unspecified atom stereocenters. The van der Waals surface area contributed by atoms with Gasteiger partial charge < -0.3 is 9.68 Å². The van der Waals surface area contributed by atoms with Crippen LogP contribution in [0.2, 0.25) is 0 Å². The van der Waals surface area contributed by atoms with Crippen LogP contribution in [0.1, 0.15) is 25.0 Å². The summed E-state index contributed by atoms with van der Waals surface area (Å²) in [6.45, 7) is 4.53. The van der Waals surface area contributed by atoms with Crippen molar-refractivity contribution >= 4 is 11.4 Å². The van der Waals surface area contributed by atoms with Crippen LogP contribution in [0.25, 0.3) is 0 Å². The molecular formula is C18H20N2O2. The van der Waals surface area contributed by atoms with Crippen molar-refractivity contribution in [3.05, 3.63) is 71.8 Å². The fourth-order valence-corrected chi connectivity index (χ4v) is 1.82. The highest BCUT2D eigenvalue weighted by Gasteiger charge is 1.97. The first-order valence-electron chi connectivity index (χ1n) is 7.21. The lowest BCUT2D eigenvalue weighted by atomic mass is 10.1. The summed E-state index contributed by atoms with van der Waals surface area (Å²) < 4.78 is 0. The van der Waals surface area contributed by atoms with Gasteiger partial charge in [-0.05, 0) is 25.0 Å². The Kier molecular flexibility index (Phi) is 6.18. The minimum absolute atomic E-state index is 0.357. The van der Waals surface area contributed by atoms with Crippen molar-refractivity contribution in [2.45, 2.75) is 13.8 Å². The van der Waals surface area contributed by atoms with E-state index in [2.05, 4.69) is 10.3 Å². The van der Waals surface area contributed by atoms with Crippen LogP contribution < -0.4 is 0 Å². The van der Waals surface area contributed by atoms with E-state index >= 15 is 0 Å². The maximum Gasteiger partial charge on any atom is 0.153 e. The Morgan fingerprint density at radius 3 is 1.41 bits per heavy atom. The Morgan fingerprint density at radius 1 is 0.682 bits per heavy atom. The summed E-state index contributed by atoms with van der Waals surface area (Å²) in [7, 11) is 0. The van der Waals surface area contributed by atoms with Crippen molar-refractivity contribution in [1.82, 2.24) is 0 Å². The molecule has 0 aliphatic heterocycles. The van der Waals surface area contributed by atoms with Gasteiger partial charge in [0.15, 0.2) is 13.2 Å². The van der Waals surface area contributed by atoms with Gasteiger partial charge in [-0.15, -0.1) is 0 Å². The molecule has 2 rings (SSSR count). The zero-order chi connectivity index (χ0) is 15.6. The van der Waals surface area contributed by atoms with Gasteiger partial charge in [0.25, 0.3) is 0 Å². The van der Waals surface area contributed by atoms with Crippen LogP contribution in [0.5, 0.6) is 0 Å². The third-order valence-corrected chi connectivity index (χ3v) is 3.05. The number of benzene rings is 2. The molecule has 0 N–H and O–H groups in total. The van der Waals surface area contributed by atoms with Crippen molar-refractivity contribution in [1.29, 1.82) is 0 Å². The number of oxime groups is 2. The van der Waals surface area contributed by atoms with Crippen molar-refractivity contribution < 1.29 is 9.68 Å². The second-order valence-electron chi connectivity index (χ2n) is 4.75. The molecule has 0 radical (unpaired) electrons. The van der Waals surface area contributed by atoms with Crippen LogP contribution in [0, 0.1) is 0 Å². The lowest BCUT2D eigenvalue weighted by molar-refractivity contribution is 0.0540. The van der Waals surface area contributed by atoms with Crippen LogP contribution in [-0.2, 0) is 9.68 Å². The van der Waals surface area contributed by atoms with E-state index in [1.54, 1.807) is 0 Å². The zero-order valence-electron chi connectivity index (χ0n) is 12.9. The minimum atomic E-state index is 0.357. The molecule has 0 bridgehead atoms. The Hall–Kier alpha value is -2.62. The second-order valence-corrected chi connectivity index (χ2v) is 4.75. The zero-order valence-corrected chi connectivity index (χ0v) is 12.9. The monoisotopic (exact) mass is 296 g/mol. The number of nitrogens with zero attached hydrogens (tertiary/aromatic N) is 2. The van der Waals surface area contributed by atoms with E-state index < -0.39 is 0 Å². The maximum absolute atomic E-state index is 5.23. The summed E-state index contributed by atoms with van der Waals surface area (Å²) in [5.74, 6) is 0. The topological polar surface area (TPSA) is 43.2 Å². The number of rotatable bonds is 7. The smallest absolute Gasteiger partial charge is 0.153 e. The molecule has 0 spiro atoms. The second kappa shape index (κ2) is 8.62. The molecule has 0 fully saturated rings. The predicted molar refractivity (Wildman–Crippen MR) is 89.2 cm³/mol. The molecule has 4 heteroatoms. The fourth-order valence-electron chi connectivity index (χ4n) is 1.82. The molecule has 0 aromatic heterocycles. The van der Waals surface area contributed by atoms with Crippen LogP contribution in [0.4, 0.5) is 0 Å². The standard InChI is InChI=1S/C18H20N2O2/c1-15(17-9-5-3-6-10-17)19-21-13-14-22-20-16(2)18-11-7-4-8-12-18/h3-12H,13-14H2,1-2H3/b19-15+,20-16+. The van der Waals surface area contributed by atoms with Crippen molar-refractivity contribution in [2.24, 2.45) is 10.3 Å². The fraction of sp³-hybridized carbons (Fsp3) is 0.222. The molecule has 4 nitrogen and oxygen atoms in total. The Balaban J connectivity index is 1.71. The molecule has 0 aliphatic carbocycles. The average molecular weight is 296 g/mol. The molecule has 114 valence electrons. The molecule has 22 heavy (non-hydrogen) atoms. The summed E-state index contributed by atoms with van der Waals surface area (Å²) in [6.07, 6.45) is 0. The van der Waals surface area contributed by atoms with Crippen LogP contribution in [0.3, 0.4) is 0 Å². The van der Waals surface area contributed by atoms with Crippen LogP contribution in [0.15, 0.2) is 71.0 Å². The van der Waals surface area contributed by atoms with Gasteiger partial charge in [-0.1, -0.05) is 71.0 Å². The highest BCUT2D eigenvalue weighted by molar-refractivity contribution is 5.98. The highest BCUT2D eigenvalue weighted by Crippen LogP contribution is 2.02. The van der Waals surface area contributed by atoms with E-state index in [0.29, 0.717) is 13.2 Å². The first-order valence-corrected chi connectivity index (χ1v) is 7.21. The lowest BCUT2D eigenvalue weighted by Gasteiger charge is -2.03. The van der Waals surface area contributed by atoms with E-state index in [0.717, 1.165) is 22.6 Å². The third kappa shape index (κ3) is 5.05. The maximum atomic E-state index is 5.23. The molecule has 0 saturated carbocycles. The van der Waals surface area contributed by atoms with Gasteiger partial charge in [0, 0.05) is 0 Å². The predicted octanol–water partition coefficient (Wildman–Crippen LogP) is 3.87. The molecule has 0 atom stereocenters. The van der Waals surface area contributed by atoms with Gasteiger partial charge in [0.05, 0.1) is 11.4 Å². The molecule has 2 aromatic carbocycles. The van der Waals surface area contributed by atoms with Gasteiger partial charge in [-0.2, -0.15) is 0 Å². The summed E-state index contributed by atoms with van der Waals surface area (Å²) in [6, 6.07) is 19.8. The van der Waals surface area contributed by atoms with Gasteiger partial charge in [-0.3, -0.25) is 0 Å². The molecule has 0 amide bonds. The van der Waals surface area contributed by atoms with Crippen molar-refractivity contribution in [3.63, 3.8) is 0 Å².